The van der Waals surface area contributed by atoms with Crippen molar-refractivity contribution in [3.63, 3.8) is 0 Å². The van der Waals surface area contributed by atoms with Gasteiger partial charge in [-0.2, -0.15) is 0 Å². The Morgan fingerprint density at radius 2 is 1.74 bits per heavy atom. The molecule has 1 aliphatic heterocycles. The lowest BCUT2D eigenvalue weighted by Crippen LogP contribution is -2.55. The molecule has 10 heteroatoms. The van der Waals surface area contributed by atoms with Crippen LogP contribution in [0.1, 0.15) is 38.7 Å². The normalized spacial score (nSPS) is 17.4. The molecule has 0 bridgehead atoms. The Bertz CT molecular complexity index is 1220. The number of hydrogen-bond acceptors (Lipinski definition) is 5. The van der Waals surface area contributed by atoms with Crippen LogP contribution < -0.4 is 21.3 Å². The zero-order valence-corrected chi connectivity index (χ0v) is 22.2. The average Bonchev–Trinajstić information content (AvgIpc) is 3.30. The lowest BCUT2D eigenvalue weighted by Gasteiger charge is -2.26. The van der Waals surface area contributed by atoms with Crippen molar-refractivity contribution in [1.82, 2.24) is 21.3 Å². The smallest absolute Gasteiger partial charge is 0.405 e. The topological polar surface area (TPSA) is 154 Å². The van der Waals surface area contributed by atoms with Crippen LogP contribution in [0, 0.1) is 11.8 Å². The van der Waals surface area contributed by atoms with E-state index in [-0.39, 0.29) is 24.2 Å². The van der Waals surface area contributed by atoms with E-state index in [1.807, 2.05) is 56.3 Å². The molecule has 4 atom stereocenters. The van der Waals surface area contributed by atoms with Crippen molar-refractivity contribution in [3.05, 3.63) is 60.2 Å². The molecule has 39 heavy (non-hydrogen) atoms. The molecule has 10 nitrogen and oxygen atoms in total. The molecule has 1 saturated heterocycles. The quantitative estimate of drug-likeness (QED) is 0.196. The fraction of sp³-hybridized carbons (Fsp3) is 0.414. The molecule has 4 amide bonds. The van der Waals surface area contributed by atoms with E-state index < -0.39 is 36.0 Å². The highest BCUT2D eigenvalue weighted by Gasteiger charge is 2.31. The average molecular weight is 537 g/mol. The zero-order chi connectivity index (χ0) is 28.4. The van der Waals surface area contributed by atoms with Crippen LogP contribution in [0.15, 0.2) is 54.6 Å². The molecule has 1 fully saturated rings. The first kappa shape index (κ1) is 29.3. The Morgan fingerprint density at radius 1 is 1.03 bits per heavy atom. The van der Waals surface area contributed by atoms with Gasteiger partial charge >= 0.3 is 6.09 Å². The number of allylic oxidation sites excluding steroid dienone is 1. The van der Waals surface area contributed by atoms with Gasteiger partial charge in [0.2, 0.25) is 17.7 Å². The SMILES string of the molecule is CC(C)CC(NC(=O)C(Cc1cccc2ccccc12)NC(=O)O)C(=O)NC(/C=C/C=O)C[C@@H]1CCNC1=O. The standard InChI is InChI=1S/C29H36N4O6/c1-18(2)15-24(27(36)31-22(10-6-14-34)16-21-12-13-30-26(21)35)32-28(37)25(33-29(38)39)17-20-9-5-8-19-7-3-4-11-23(19)20/h3-11,14,18,21-22,24-25,33H,12-13,15-17H2,1-2H3,(H,30,35)(H,31,36)(H,32,37)(H,38,39)/b10-6+/t21-,22?,24?,25?/m0/s1. The van der Waals surface area contributed by atoms with E-state index in [2.05, 4.69) is 21.3 Å². The summed E-state index contributed by atoms with van der Waals surface area (Å²) >= 11 is 0. The number of nitrogens with one attached hydrogen (secondary N) is 4. The fourth-order valence-corrected chi connectivity index (χ4v) is 4.85. The number of carbonyl (C=O) groups is 5. The Labute approximate surface area is 227 Å². The number of aldehydes is 1. The predicted octanol–water partition coefficient (Wildman–Crippen LogP) is 2.32. The van der Waals surface area contributed by atoms with Crippen molar-refractivity contribution in [1.29, 1.82) is 0 Å². The second-order valence-electron chi connectivity index (χ2n) is 10.2. The molecule has 2 aromatic rings. The number of amides is 4. The molecule has 1 heterocycles. The van der Waals surface area contributed by atoms with Crippen LogP contribution in [0.2, 0.25) is 0 Å². The van der Waals surface area contributed by atoms with Crippen LogP contribution in [-0.2, 0) is 25.6 Å². The van der Waals surface area contributed by atoms with Gasteiger partial charge in [-0.15, -0.1) is 0 Å². The molecule has 5 N–H and O–H groups in total. The second kappa shape index (κ2) is 14.1. The van der Waals surface area contributed by atoms with Crippen LogP contribution in [0.4, 0.5) is 4.79 Å². The lowest BCUT2D eigenvalue weighted by molar-refractivity contribution is -0.130. The molecule has 208 valence electrons. The van der Waals surface area contributed by atoms with E-state index in [1.54, 1.807) is 0 Å². The highest BCUT2D eigenvalue weighted by molar-refractivity contribution is 5.92. The van der Waals surface area contributed by atoms with E-state index >= 15 is 0 Å². The van der Waals surface area contributed by atoms with Crippen molar-refractivity contribution >= 4 is 40.9 Å². The van der Waals surface area contributed by atoms with Gasteiger partial charge in [0, 0.05) is 24.9 Å². The largest absolute Gasteiger partial charge is 0.465 e. The molecule has 1 aliphatic rings. The van der Waals surface area contributed by atoms with Gasteiger partial charge in [-0.1, -0.05) is 62.4 Å². The lowest BCUT2D eigenvalue weighted by atomic mass is 9.96. The molecule has 2 aromatic carbocycles. The maximum absolute atomic E-state index is 13.4. The highest BCUT2D eigenvalue weighted by atomic mass is 16.4. The Hall–Kier alpha value is -4.21. The van der Waals surface area contributed by atoms with E-state index in [1.165, 1.54) is 12.2 Å². The number of fused-ring (bicyclic) bond motifs is 1. The molecule has 0 saturated carbocycles. The van der Waals surface area contributed by atoms with E-state index in [0.717, 1.165) is 16.3 Å². The second-order valence-corrected chi connectivity index (χ2v) is 10.2. The Kier molecular flexibility index (Phi) is 10.6. The van der Waals surface area contributed by atoms with Gasteiger partial charge in [0.15, 0.2) is 0 Å². The molecule has 0 aromatic heterocycles. The third kappa shape index (κ3) is 8.66. The molecule has 3 unspecified atom stereocenters. The number of benzene rings is 2. The van der Waals surface area contributed by atoms with Gasteiger partial charge in [-0.05, 0) is 47.6 Å². The fourth-order valence-electron chi connectivity index (χ4n) is 4.85. The van der Waals surface area contributed by atoms with Crippen molar-refractivity contribution in [3.8, 4) is 0 Å². The third-order valence-electron chi connectivity index (χ3n) is 6.71. The minimum atomic E-state index is -1.35. The van der Waals surface area contributed by atoms with Gasteiger partial charge in [0.05, 0.1) is 0 Å². The molecule has 3 rings (SSSR count). The maximum atomic E-state index is 13.4. The summed E-state index contributed by atoms with van der Waals surface area (Å²) in [6.45, 7) is 4.37. The van der Waals surface area contributed by atoms with E-state index in [4.69, 9.17) is 0 Å². The van der Waals surface area contributed by atoms with Gasteiger partial charge in [0.1, 0.15) is 18.4 Å². The predicted molar refractivity (Wildman–Crippen MR) is 147 cm³/mol. The van der Waals surface area contributed by atoms with Crippen molar-refractivity contribution in [2.24, 2.45) is 11.8 Å². The Morgan fingerprint density at radius 3 is 2.41 bits per heavy atom. The van der Waals surface area contributed by atoms with Crippen LogP contribution >= 0.6 is 0 Å². The molecular formula is C29H36N4O6. The Balaban J connectivity index is 1.78. The summed E-state index contributed by atoms with van der Waals surface area (Å²) in [6, 6.07) is 10.6. The van der Waals surface area contributed by atoms with Crippen LogP contribution in [-0.4, -0.2) is 59.9 Å². The maximum Gasteiger partial charge on any atom is 0.405 e. The van der Waals surface area contributed by atoms with Crippen molar-refractivity contribution in [2.75, 3.05) is 6.54 Å². The van der Waals surface area contributed by atoms with Gasteiger partial charge in [0.25, 0.3) is 0 Å². The molecule has 0 radical (unpaired) electrons. The van der Waals surface area contributed by atoms with Gasteiger partial charge in [-0.3, -0.25) is 19.2 Å². The van der Waals surface area contributed by atoms with E-state index in [9.17, 15) is 29.1 Å². The van der Waals surface area contributed by atoms with Gasteiger partial charge in [-0.25, -0.2) is 4.79 Å². The highest BCUT2D eigenvalue weighted by Crippen LogP contribution is 2.20. The van der Waals surface area contributed by atoms with Crippen LogP contribution in [0.25, 0.3) is 10.8 Å². The minimum absolute atomic E-state index is 0.0366. The van der Waals surface area contributed by atoms with E-state index in [0.29, 0.717) is 32.1 Å². The number of carboxylic acid groups (broad SMARTS) is 1. The summed E-state index contributed by atoms with van der Waals surface area (Å²) in [5.74, 6) is -1.46. The monoisotopic (exact) mass is 536 g/mol. The molecule has 0 spiro atoms. The minimum Gasteiger partial charge on any atom is -0.465 e. The number of hydrogen-bond donors (Lipinski definition) is 5. The summed E-state index contributed by atoms with van der Waals surface area (Å²) in [4.78, 5) is 61.2. The first-order valence-electron chi connectivity index (χ1n) is 13.1. The van der Waals surface area contributed by atoms with Crippen LogP contribution in [0.3, 0.4) is 0 Å². The summed E-state index contributed by atoms with van der Waals surface area (Å²) in [6.07, 6.45) is 3.38. The summed E-state index contributed by atoms with van der Waals surface area (Å²) < 4.78 is 0. The van der Waals surface area contributed by atoms with Gasteiger partial charge < -0.3 is 26.4 Å². The van der Waals surface area contributed by atoms with Crippen molar-refractivity contribution in [2.45, 2.75) is 57.7 Å². The summed E-state index contributed by atoms with van der Waals surface area (Å²) in [7, 11) is 0. The third-order valence-corrected chi connectivity index (χ3v) is 6.71. The van der Waals surface area contributed by atoms with Crippen LogP contribution in [0.5, 0.6) is 0 Å². The first-order chi connectivity index (χ1) is 18.7. The summed E-state index contributed by atoms with van der Waals surface area (Å²) in [5, 5.41) is 21.9. The first-order valence-corrected chi connectivity index (χ1v) is 13.1. The summed E-state index contributed by atoms with van der Waals surface area (Å²) in [5.41, 5.74) is 0.792. The number of carbonyl (C=O) groups excluding carboxylic acids is 4. The van der Waals surface area contributed by atoms with Crippen molar-refractivity contribution < 1.29 is 29.1 Å². The molecular weight excluding hydrogens is 500 g/mol. The number of rotatable bonds is 13. The molecule has 0 aliphatic carbocycles. The zero-order valence-electron chi connectivity index (χ0n) is 22.2.